The fraction of sp³-hybridized carbons (Fsp3) is 0.455. The summed E-state index contributed by atoms with van der Waals surface area (Å²) in [7, 11) is -2.58. The Hall–Kier alpha value is -1.64. The van der Waals surface area contributed by atoms with Gasteiger partial charge in [0, 0.05) is 12.5 Å². The van der Waals surface area contributed by atoms with E-state index in [9.17, 15) is 26.7 Å². The first kappa shape index (κ1) is 16.4. The molecule has 0 aliphatic heterocycles. The number of rotatable bonds is 6. The van der Waals surface area contributed by atoms with E-state index in [-0.39, 0.29) is 11.4 Å². The highest BCUT2D eigenvalue weighted by molar-refractivity contribution is 7.92. The zero-order chi connectivity index (χ0) is 15.4. The predicted octanol–water partition coefficient (Wildman–Crippen LogP) is 2.49. The van der Waals surface area contributed by atoms with E-state index in [2.05, 4.69) is 0 Å². The van der Waals surface area contributed by atoms with Crippen LogP contribution in [-0.4, -0.2) is 32.6 Å². The number of anilines is 1. The van der Waals surface area contributed by atoms with Crippen LogP contribution in [0.15, 0.2) is 18.2 Å². The fourth-order valence-electron chi connectivity index (χ4n) is 1.41. The van der Waals surface area contributed by atoms with E-state index in [4.69, 9.17) is 4.74 Å². The first-order chi connectivity index (χ1) is 9.13. The molecule has 0 heterocycles. The lowest BCUT2D eigenvalue weighted by Gasteiger charge is -2.11. The lowest BCUT2D eigenvalue weighted by atomic mass is 10.3. The number of sulfonamides is 1. The number of halogens is 3. The summed E-state index contributed by atoms with van der Waals surface area (Å²) < 4.78 is 65.8. The van der Waals surface area contributed by atoms with E-state index in [1.807, 2.05) is 4.72 Å². The third-order valence-electron chi connectivity index (χ3n) is 2.34. The van der Waals surface area contributed by atoms with Crippen molar-refractivity contribution in [1.29, 1.82) is 0 Å². The summed E-state index contributed by atoms with van der Waals surface area (Å²) in [5.74, 6) is -0.732. The van der Waals surface area contributed by atoms with Crippen molar-refractivity contribution in [2.45, 2.75) is 19.0 Å². The number of benzene rings is 1. The number of phenols is 1. The Bertz CT molecular complexity index is 557. The summed E-state index contributed by atoms with van der Waals surface area (Å²) in [6, 6.07) is 3.86. The molecule has 1 aromatic carbocycles. The van der Waals surface area contributed by atoms with Crippen LogP contribution in [0.25, 0.3) is 0 Å². The van der Waals surface area contributed by atoms with Crippen LogP contribution in [0.2, 0.25) is 0 Å². The van der Waals surface area contributed by atoms with Crippen LogP contribution in [0.3, 0.4) is 0 Å². The van der Waals surface area contributed by atoms with Crippen LogP contribution in [-0.2, 0) is 10.0 Å². The van der Waals surface area contributed by atoms with Crippen molar-refractivity contribution >= 4 is 15.7 Å². The summed E-state index contributed by atoms with van der Waals surface area (Å²) in [6.45, 7) is 0. The maximum Gasteiger partial charge on any atom is 0.389 e. The standard InChI is InChI=1S/C11H14F3NO4S/c1-19-8-3-4-9(10(16)7-8)15-20(17,18)6-2-5-11(12,13)14/h3-4,7,15-16H,2,5-6H2,1H3. The molecular weight excluding hydrogens is 299 g/mol. The molecule has 0 aromatic heterocycles. The summed E-state index contributed by atoms with van der Waals surface area (Å²) >= 11 is 0. The van der Waals surface area contributed by atoms with Gasteiger partial charge < -0.3 is 9.84 Å². The molecule has 0 amide bonds. The molecule has 20 heavy (non-hydrogen) atoms. The molecule has 5 nitrogen and oxygen atoms in total. The number of aromatic hydroxyl groups is 1. The van der Waals surface area contributed by atoms with Gasteiger partial charge in [-0.05, 0) is 18.6 Å². The average Bonchev–Trinajstić information content (AvgIpc) is 2.29. The van der Waals surface area contributed by atoms with E-state index in [1.54, 1.807) is 0 Å². The van der Waals surface area contributed by atoms with Gasteiger partial charge in [-0.15, -0.1) is 0 Å². The molecule has 114 valence electrons. The number of alkyl halides is 3. The molecule has 0 atom stereocenters. The molecule has 0 saturated heterocycles. The zero-order valence-electron chi connectivity index (χ0n) is 10.6. The molecule has 0 aliphatic rings. The van der Waals surface area contributed by atoms with Gasteiger partial charge in [0.1, 0.15) is 11.5 Å². The number of phenolic OH excluding ortho intramolecular Hbond substituents is 1. The second-order valence-corrected chi connectivity index (χ2v) is 5.86. The van der Waals surface area contributed by atoms with Gasteiger partial charge in [0.05, 0.1) is 18.6 Å². The number of methoxy groups -OCH3 is 1. The first-order valence-corrected chi connectivity index (χ1v) is 7.22. The Labute approximate surface area is 114 Å². The highest BCUT2D eigenvalue weighted by Crippen LogP contribution is 2.29. The van der Waals surface area contributed by atoms with Crippen molar-refractivity contribution in [2.24, 2.45) is 0 Å². The normalized spacial score (nSPS) is 12.2. The van der Waals surface area contributed by atoms with Gasteiger partial charge in [-0.2, -0.15) is 13.2 Å². The van der Waals surface area contributed by atoms with Crippen LogP contribution >= 0.6 is 0 Å². The quantitative estimate of drug-likeness (QED) is 0.791. The van der Waals surface area contributed by atoms with Crippen LogP contribution in [0.4, 0.5) is 18.9 Å². The molecule has 0 spiro atoms. The summed E-state index contributed by atoms with van der Waals surface area (Å²) in [5, 5.41) is 9.55. The second kappa shape index (κ2) is 6.21. The molecule has 0 fully saturated rings. The van der Waals surface area contributed by atoms with Gasteiger partial charge in [-0.3, -0.25) is 4.72 Å². The van der Waals surface area contributed by atoms with Crippen molar-refractivity contribution in [2.75, 3.05) is 17.6 Å². The largest absolute Gasteiger partial charge is 0.506 e. The molecule has 2 N–H and O–H groups in total. The summed E-state index contributed by atoms with van der Waals surface area (Å²) in [6.07, 6.45) is -6.12. The minimum Gasteiger partial charge on any atom is -0.506 e. The van der Waals surface area contributed by atoms with Crippen molar-refractivity contribution < 1.29 is 31.4 Å². The smallest absolute Gasteiger partial charge is 0.389 e. The number of nitrogens with one attached hydrogen (secondary N) is 1. The Morgan fingerprint density at radius 1 is 1.35 bits per heavy atom. The van der Waals surface area contributed by atoms with Crippen molar-refractivity contribution in [3.8, 4) is 11.5 Å². The lowest BCUT2D eigenvalue weighted by Crippen LogP contribution is -2.18. The number of hydrogen-bond donors (Lipinski definition) is 2. The minimum absolute atomic E-state index is 0.113. The van der Waals surface area contributed by atoms with Gasteiger partial charge >= 0.3 is 6.18 Å². The van der Waals surface area contributed by atoms with Gasteiger partial charge in [0.2, 0.25) is 10.0 Å². The Morgan fingerprint density at radius 2 is 2.00 bits per heavy atom. The summed E-state index contributed by atoms with van der Waals surface area (Å²) in [4.78, 5) is 0. The number of hydrogen-bond acceptors (Lipinski definition) is 4. The predicted molar refractivity (Wildman–Crippen MR) is 67.4 cm³/mol. The van der Waals surface area contributed by atoms with Crippen molar-refractivity contribution in [3.05, 3.63) is 18.2 Å². The first-order valence-electron chi connectivity index (χ1n) is 5.57. The summed E-state index contributed by atoms with van der Waals surface area (Å²) in [5.41, 5.74) is -0.113. The third-order valence-corrected chi connectivity index (χ3v) is 3.70. The highest BCUT2D eigenvalue weighted by atomic mass is 32.2. The molecule has 0 aliphatic carbocycles. The Kier molecular flexibility index (Phi) is 5.09. The molecule has 1 rings (SSSR count). The molecular formula is C11H14F3NO4S. The highest BCUT2D eigenvalue weighted by Gasteiger charge is 2.27. The van der Waals surface area contributed by atoms with Crippen molar-refractivity contribution in [3.63, 3.8) is 0 Å². The molecule has 0 unspecified atom stereocenters. The molecule has 0 bridgehead atoms. The molecule has 9 heteroatoms. The van der Waals surface area contributed by atoms with Crippen LogP contribution in [0.1, 0.15) is 12.8 Å². The van der Waals surface area contributed by atoms with E-state index < -0.39 is 34.8 Å². The van der Waals surface area contributed by atoms with E-state index in [0.29, 0.717) is 5.75 Å². The van der Waals surface area contributed by atoms with Crippen LogP contribution in [0, 0.1) is 0 Å². The molecule has 0 radical (unpaired) electrons. The zero-order valence-corrected chi connectivity index (χ0v) is 11.4. The lowest BCUT2D eigenvalue weighted by molar-refractivity contribution is -0.134. The van der Waals surface area contributed by atoms with E-state index >= 15 is 0 Å². The van der Waals surface area contributed by atoms with Crippen molar-refractivity contribution in [1.82, 2.24) is 0 Å². The van der Waals surface area contributed by atoms with Gasteiger partial charge in [0.15, 0.2) is 0 Å². The maximum absolute atomic E-state index is 11.9. The van der Waals surface area contributed by atoms with Gasteiger partial charge in [0.25, 0.3) is 0 Å². The van der Waals surface area contributed by atoms with E-state index in [1.165, 1.54) is 25.3 Å². The Morgan fingerprint density at radius 3 is 2.50 bits per heavy atom. The SMILES string of the molecule is COc1ccc(NS(=O)(=O)CCCC(F)(F)F)c(O)c1. The van der Waals surface area contributed by atoms with Crippen LogP contribution < -0.4 is 9.46 Å². The van der Waals surface area contributed by atoms with E-state index in [0.717, 1.165) is 0 Å². The van der Waals surface area contributed by atoms with Gasteiger partial charge in [-0.25, -0.2) is 8.42 Å². The van der Waals surface area contributed by atoms with Crippen LogP contribution in [0.5, 0.6) is 11.5 Å². The maximum atomic E-state index is 11.9. The monoisotopic (exact) mass is 313 g/mol. The Balaban J connectivity index is 2.67. The number of ether oxygens (including phenoxy) is 1. The molecule has 1 aromatic rings. The second-order valence-electron chi connectivity index (χ2n) is 4.02. The average molecular weight is 313 g/mol. The fourth-order valence-corrected chi connectivity index (χ4v) is 2.54. The third kappa shape index (κ3) is 5.55. The minimum atomic E-state index is -4.39. The topological polar surface area (TPSA) is 75.6 Å². The van der Waals surface area contributed by atoms with Gasteiger partial charge in [-0.1, -0.05) is 0 Å². The molecule has 0 saturated carbocycles.